The van der Waals surface area contributed by atoms with Crippen LogP contribution < -0.4 is 5.32 Å². The zero-order chi connectivity index (χ0) is 14.4. The van der Waals surface area contributed by atoms with E-state index in [1.807, 2.05) is 16.8 Å². The minimum Gasteiger partial charge on any atom is -0.369 e. The summed E-state index contributed by atoms with van der Waals surface area (Å²) in [6.07, 6.45) is 1.04. The van der Waals surface area contributed by atoms with Crippen LogP contribution in [0.25, 0.3) is 16.3 Å². The van der Waals surface area contributed by atoms with Gasteiger partial charge in [-0.15, -0.1) is 11.3 Å². The minimum atomic E-state index is 0.987. The largest absolute Gasteiger partial charge is 0.369 e. The lowest BCUT2D eigenvalue weighted by molar-refractivity contribution is 0.883. The highest BCUT2D eigenvalue weighted by Crippen LogP contribution is 2.37. The van der Waals surface area contributed by atoms with Gasteiger partial charge in [0.2, 0.25) is 0 Å². The summed E-state index contributed by atoms with van der Waals surface area (Å²) in [7, 11) is 0. The van der Waals surface area contributed by atoms with Gasteiger partial charge in [-0.25, -0.2) is 4.68 Å². The molecule has 3 heterocycles. The van der Waals surface area contributed by atoms with Gasteiger partial charge in [0.25, 0.3) is 0 Å². The van der Waals surface area contributed by atoms with Crippen molar-refractivity contribution in [1.29, 1.82) is 0 Å². The van der Waals surface area contributed by atoms with Crippen LogP contribution >= 0.6 is 27.3 Å². The second kappa shape index (κ2) is 5.00. The van der Waals surface area contributed by atoms with Gasteiger partial charge >= 0.3 is 0 Å². The van der Waals surface area contributed by atoms with Crippen LogP contribution in [0.3, 0.4) is 0 Å². The Morgan fingerprint density at radius 1 is 1.19 bits per heavy atom. The average Bonchev–Trinajstić information content (AvgIpc) is 3.15. The van der Waals surface area contributed by atoms with E-state index in [0.717, 1.165) is 34.6 Å². The Bertz CT molecular complexity index is 802. The van der Waals surface area contributed by atoms with Crippen LogP contribution in [0.4, 0.5) is 5.82 Å². The molecule has 4 rings (SSSR count). The summed E-state index contributed by atoms with van der Waals surface area (Å²) < 4.78 is 3.11. The van der Waals surface area contributed by atoms with E-state index in [2.05, 4.69) is 52.4 Å². The average molecular weight is 360 g/mol. The van der Waals surface area contributed by atoms with Gasteiger partial charge in [-0.05, 0) is 49.7 Å². The highest BCUT2D eigenvalue weighted by Gasteiger charge is 2.24. The molecule has 0 amide bonds. The first-order valence-electron chi connectivity index (χ1n) is 6.91. The number of thiophene rings is 1. The molecule has 0 spiro atoms. The van der Waals surface area contributed by atoms with Crippen LogP contribution in [0.5, 0.6) is 0 Å². The van der Waals surface area contributed by atoms with E-state index in [1.54, 1.807) is 11.3 Å². The zero-order valence-electron chi connectivity index (χ0n) is 11.6. The Labute approximate surface area is 135 Å². The van der Waals surface area contributed by atoms with E-state index in [4.69, 9.17) is 5.10 Å². The van der Waals surface area contributed by atoms with Crippen LogP contribution in [-0.2, 0) is 6.42 Å². The lowest BCUT2D eigenvalue weighted by Crippen LogP contribution is -2.03. The smallest absolute Gasteiger partial charge is 0.133 e. The summed E-state index contributed by atoms with van der Waals surface area (Å²) in [5, 5.41) is 8.34. The van der Waals surface area contributed by atoms with E-state index in [0.29, 0.717) is 0 Å². The molecular formula is C16H14BrN3S. The summed E-state index contributed by atoms with van der Waals surface area (Å²) in [4.78, 5) is 2.58. The second-order valence-corrected chi connectivity index (χ2v) is 7.35. The zero-order valence-corrected chi connectivity index (χ0v) is 14.0. The van der Waals surface area contributed by atoms with Gasteiger partial charge in [0.05, 0.1) is 10.6 Å². The molecule has 0 fully saturated rings. The maximum atomic E-state index is 4.86. The highest BCUT2D eigenvalue weighted by molar-refractivity contribution is 9.10. The van der Waals surface area contributed by atoms with Crippen LogP contribution in [-0.4, -0.2) is 16.3 Å². The Morgan fingerprint density at radius 2 is 2.00 bits per heavy atom. The molecule has 106 valence electrons. The molecule has 0 atom stereocenters. The number of hydrogen-bond donors (Lipinski definition) is 1. The van der Waals surface area contributed by atoms with Gasteiger partial charge in [-0.3, -0.25) is 0 Å². The van der Waals surface area contributed by atoms with Crippen LogP contribution in [0.2, 0.25) is 0 Å². The molecule has 0 saturated heterocycles. The molecule has 5 heteroatoms. The second-order valence-electron chi connectivity index (χ2n) is 5.15. The van der Waals surface area contributed by atoms with Gasteiger partial charge in [0, 0.05) is 21.5 Å². The molecule has 1 aliphatic rings. The number of benzene rings is 1. The van der Waals surface area contributed by atoms with E-state index in [1.165, 1.54) is 15.3 Å². The number of nitrogens with zero attached hydrogens (tertiary/aromatic N) is 2. The predicted molar refractivity (Wildman–Crippen MR) is 91.5 cm³/mol. The molecule has 0 bridgehead atoms. The van der Waals surface area contributed by atoms with E-state index in [-0.39, 0.29) is 0 Å². The predicted octanol–water partition coefficient (Wildman–Crippen LogP) is 4.64. The molecule has 1 aliphatic heterocycles. The number of hydrogen-bond acceptors (Lipinski definition) is 3. The number of aryl methyl sites for hydroxylation is 1. The fourth-order valence-electron chi connectivity index (χ4n) is 2.70. The van der Waals surface area contributed by atoms with E-state index >= 15 is 0 Å². The molecule has 1 N–H and O–H groups in total. The van der Waals surface area contributed by atoms with Crippen molar-refractivity contribution in [1.82, 2.24) is 9.78 Å². The number of anilines is 1. The topological polar surface area (TPSA) is 29.9 Å². The third kappa shape index (κ3) is 2.21. The summed E-state index contributed by atoms with van der Waals surface area (Å²) in [5.74, 6) is 1.14. The van der Waals surface area contributed by atoms with Crippen LogP contribution in [0.15, 0.2) is 40.9 Å². The van der Waals surface area contributed by atoms with Crippen molar-refractivity contribution >= 4 is 33.1 Å². The Balaban J connectivity index is 1.88. The van der Waals surface area contributed by atoms with Crippen molar-refractivity contribution in [2.75, 3.05) is 11.9 Å². The van der Waals surface area contributed by atoms with Crippen LogP contribution in [0, 0.1) is 6.92 Å². The number of nitrogens with one attached hydrogen (secondary N) is 1. The van der Waals surface area contributed by atoms with E-state index in [9.17, 15) is 0 Å². The van der Waals surface area contributed by atoms with Crippen molar-refractivity contribution in [3.05, 3.63) is 51.3 Å². The van der Waals surface area contributed by atoms with Crippen molar-refractivity contribution < 1.29 is 0 Å². The lowest BCUT2D eigenvalue weighted by Gasteiger charge is -2.06. The lowest BCUT2D eigenvalue weighted by atomic mass is 10.2. The number of aromatic nitrogens is 2. The third-order valence-electron chi connectivity index (χ3n) is 3.70. The molecule has 0 aliphatic carbocycles. The fourth-order valence-corrected chi connectivity index (χ4v) is 3.85. The summed E-state index contributed by atoms with van der Waals surface area (Å²) in [6.45, 7) is 3.12. The Hall–Kier alpha value is -1.59. The van der Waals surface area contributed by atoms with E-state index < -0.39 is 0 Å². The molecule has 1 aromatic carbocycles. The van der Waals surface area contributed by atoms with Crippen molar-refractivity contribution in [3.63, 3.8) is 0 Å². The first-order chi connectivity index (χ1) is 10.2. The van der Waals surface area contributed by atoms with Gasteiger partial charge in [0.15, 0.2) is 0 Å². The summed E-state index contributed by atoms with van der Waals surface area (Å²) in [6, 6.07) is 12.6. The number of halogens is 1. The first kappa shape index (κ1) is 13.1. The fraction of sp³-hybridized carbons (Fsp3) is 0.188. The highest BCUT2D eigenvalue weighted by atomic mass is 79.9. The first-order valence-corrected chi connectivity index (χ1v) is 8.52. The SMILES string of the molecule is Cc1ccc(-c2nn(-c3ccc(Br)cc3)c3c2CCN3)s1. The van der Waals surface area contributed by atoms with Crippen molar-refractivity contribution in [3.8, 4) is 16.3 Å². The molecule has 0 saturated carbocycles. The minimum absolute atomic E-state index is 0.987. The van der Waals surface area contributed by atoms with Gasteiger partial charge in [-0.2, -0.15) is 5.10 Å². The Kier molecular flexibility index (Phi) is 3.12. The van der Waals surface area contributed by atoms with Gasteiger partial charge in [-0.1, -0.05) is 15.9 Å². The molecule has 2 aromatic heterocycles. The molecule has 3 nitrogen and oxygen atoms in total. The Morgan fingerprint density at radius 3 is 2.71 bits per heavy atom. The maximum Gasteiger partial charge on any atom is 0.133 e. The quantitative estimate of drug-likeness (QED) is 0.722. The molecular weight excluding hydrogens is 346 g/mol. The normalized spacial score (nSPS) is 13.2. The summed E-state index contributed by atoms with van der Waals surface area (Å²) >= 11 is 5.29. The monoisotopic (exact) mass is 359 g/mol. The molecule has 3 aromatic rings. The maximum absolute atomic E-state index is 4.86. The van der Waals surface area contributed by atoms with Crippen LogP contribution in [0.1, 0.15) is 10.4 Å². The third-order valence-corrected chi connectivity index (χ3v) is 5.23. The number of fused-ring (bicyclic) bond motifs is 1. The van der Waals surface area contributed by atoms with Gasteiger partial charge in [0.1, 0.15) is 11.5 Å². The van der Waals surface area contributed by atoms with Crippen molar-refractivity contribution in [2.24, 2.45) is 0 Å². The molecule has 0 unspecified atom stereocenters. The molecule has 0 radical (unpaired) electrons. The van der Waals surface area contributed by atoms with Gasteiger partial charge < -0.3 is 5.32 Å². The van der Waals surface area contributed by atoms with Crippen molar-refractivity contribution in [2.45, 2.75) is 13.3 Å². The molecule has 21 heavy (non-hydrogen) atoms. The standard InChI is InChI=1S/C16H14BrN3S/c1-10-2-7-14(21-10)15-13-8-9-18-16(13)20(19-15)12-5-3-11(17)4-6-12/h2-7,18H,8-9H2,1H3. The summed E-state index contributed by atoms with van der Waals surface area (Å²) in [5.41, 5.74) is 3.54. The number of rotatable bonds is 2.